The van der Waals surface area contributed by atoms with Crippen LogP contribution in [0.4, 0.5) is 5.69 Å². The van der Waals surface area contributed by atoms with Crippen molar-refractivity contribution < 1.29 is 14.3 Å². The second kappa shape index (κ2) is 7.87. The van der Waals surface area contributed by atoms with Gasteiger partial charge < -0.3 is 10.1 Å². The number of benzene rings is 1. The van der Waals surface area contributed by atoms with E-state index in [1.54, 1.807) is 0 Å². The van der Waals surface area contributed by atoms with Crippen LogP contribution < -0.4 is 10.1 Å². The number of amides is 2. The highest BCUT2D eigenvalue weighted by molar-refractivity contribution is 6.05. The van der Waals surface area contributed by atoms with E-state index in [0.717, 1.165) is 37.4 Å². The summed E-state index contributed by atoms with van der Waals surface area (Å²) in [5, 5.41) is 3.56. The first-order valence-corrected chi connectivity index (χ1v) is 9.20. The first-order chi connectivity index (χ1) is 12.1. The van der Waals surface area contributed by atoms with Crippen molar-refractivity contribution in [3.63, 3.8) is 0 Å². The smallest absolute Gasteiger partial charge is 0.247 e. The number of hydrogen-bond acceptors (Lipinski definition) is 5. The van der Waals surface area contributed by atoms with E-state index < -0.39 is 0 Å². The van der Waals surface area contributed by atoms with Gasteiger partial charge in [-0.25, -0.2) is 0 Å². The summed E-state index contributed by atoms with van der Waals surface area (Å²) in [7, 11) is 0. The van der Waals surface area contributed by atoms with Crippen molar-refractivity contribution in [3.8, 4) is 5.75 Å². The summed E-state index contributed by atoms with van der Waals surface area (Å²) in [6.07, 6.45) is 2.28. The molecule has 2 saturated heterocycles. The lowest BCUT2D eigenvalue weighted by Gasteiger charge is -2.35. The minimum Gasteiger partial charge on any atom is -0.494 e. The summed E-state index contributed by atoms with van der Waals surface area (Å²) in [6.45, 7) is 6.66. The Bertz CT molecular complexity index is 609. The highest BCUT2D eigenvalue weighted by atomic mass is 16.5. The number of rotatable bonds is 6. The molecule has 2 aliphatic heterocycles. The maximum atomic E-state index is 12.3. The number of likely N-dealkylation sites (N-methyl/N-ethyl adjacent to an activating group) is 1. The Labute approximate surface area is 149 Å². The number of imide groups is 1. The van der Waals surface area contributed by atoms with Crippen LogP contribution in [0.5, 0.6) is 5.75 Å². The molecule has 25 heavy (non-hydrogen) atoms. The number of nitrogens with zero attached hydrogens (tertiary/aromatic N) is 2. The molecule has 0 aliphatic carbocycles. The standard InChI is InChI=1S/C19H27N3O3/c1-3-22-18(23)13-17(19(22)24)21-11-9-15(10-12-21)20-14-5-7-16(8-6-14)25-4-2/h5-8,15,17,20H,3-4,9-13H2,1-2H3. The van der Waals surface area contributed by atoms with Crippen LogP contribution in [0.1, 0.15) is 33.1 Å². The fourth-order valence-corrected chi connectivity index (χ4v) is 3.69. The third kappa shape index (κ3) is 3.95. The molecule has 2 amide bonds. The number of likely N-dealkylation sites (tertiary alicyclic amines) is 2. The highest BCUT2D eigenvalue weighted by Gasteiger charge is 2.41. The summed E-state index contributed by atoms with van der Waals surface area (Å²) >= 11 is 0. The normalized spacial score (nSPS) is 22.5. The minimum absolute atomic E-state index is 0.0228. The second-order valence-electron chi connectivity index (χ2n) is 6.61. The van der Waals surface area contributed by atoms with Gasteiger partial charge in [0.2, 0.25) is 11.8 Å². The van der Waals surface area contributed by atoms with Gasteiger partial charge in [-0.3, -0.25) is 19.4 Å². The molecule has 136 valence electrons. The summed E-state index contributed by atoms with van der Waals surface area (Å²) in [5.41, 5.74) is 1.09. The van der Waals surface area contributed by atoms with Gasteiger partial charge in [0.1, 0.15) is 5.75 Å². The van der Waals surface area contributed by atoms with E-state index in [2.05, 4.69) is 10.2 Å². The summed E-state index contributed by atoms with van der Waals surface area (Å²) in [6, 6.07) is 8.17. The monoisotopic (exact) mass is 345 g/mol. The maximum absolute atomic E-state index is 12.3. The van der Waals surface area contributed by atoms with Gasteiger partial charge in [0.15, 0.2) is 0 Å². The van der Waals surface area contributed by atoms with E-state index in [4.69, 9.17) is 4.74 Å². The van der Waals surface area contributed by atoms with Crippen molar-refractivity contribution in [1.29, 1.82) is 0 Å². The predicted molar refractivity (Wildman–Crippen MR) is 96.6 cm³/mol. The van der Waals surface area contributed by atoms with Crippen molar-refractivity contribution in [2.24, 2.45) is 0 Å². The molecule has 0 saturated carbocycles. The minimum atomic E-state index is -0.251. The van der Waals surface area contributed by atoms with Gasteiger partial charge in [0.25, 0.3) is 0 Å². The van der Waals surface area contributed by atoms with Crippen LogP contribution in [0.15, 0.2) is 24.3 Å². The van der Waals surface area contributed by atoms with Gasteiger partial charge in [-0.1, -0.05) is 0 Å². The molecule has 1 N–H and O–H groups in total. The predicted octanol–water partition coefficient (Wildman–Crippen LogP) is 2.11. The van der Waals surface area contributed by atoms with Gasteiger partial charge in [0, 0.05) is 31.4 Å². The molecular formula is C19H27N3O3. The highest BCUT2D eigenvalue weighted by Crippen LogP contribution is 2.24. The Morgan fingerprint density at radius 1 is 1.12 bits per heavy atom. The summed E-state index contributed by atoms with van der Waals surface area (Å²) in [4.78, 5) is 27.8. The third-order valence-electron chi connectivity index (χ3n) is 5.04. The van der Waals surface area contributed by atoms with Gasteiger partial charge in [0.05, 0.1) is 19.1 Å². The van der Waals surface area contributed by atoms with E-state index in [0.29, 0.717) is 25.6 Å². The van der Waals surface area contributed by atoms with E-state index in [1.807, 2.05) is 38.1 Å². The van der Waals surface area contributed by atoms with Crippen molar-refractivity contribution >= 4 is 17.5 Å². The molecule has 2 aliphatic rings. The molecule has 2 heterocycles. The fourth-order valence-electron chi connectivity index (χ4n) is 3.69. The molecule has 1 aromatic rings. The van der Waals surface area contributed by atoms with Crippen molar-refractivity contribution in [2.75, 3.05) is 31.6 Å². The number of anilines is 1. The molecule has 6 nitrogen and oxygen atoms in total. The topological polar surface area (TPSA) is 61.9 Å². The molecule has 1 atom stereocenters. The third-order valence-corrected chi connectivity index (χ3v) is 5.04. The molecule has 1 unspecified atom stereocenters. The lowest BCUT2D eigenvalue weighted by atomic mass is 10.0. The lowest BCUT2D eigenvalue weighted by Crippen LogP contribution is -2.47. The Balaban J connectivity index is 1.50. The van der Waals surface area contributed by atoms with E-state index in [9.17, 15) is 9.59 Å². The van der Waals surface area contributed by atoms with Crippen LogP contribution in [0, 0.1) is 0 Å². The van der Waals surface area contributed by atoms with Crippen molar-refractivity contribution in [1.82, 2.24) is 9.80 Å². The molecular weight excluding hydrogens is 318 g/mol. The second-order valence-corrected chi connectivity index (χ2v) is 6.61. The lowest BCUT2D eigenvalue weighted by molar-refractivity contribution is -0.139. The Kier molecular flexibility index (Phi) is 5.58. The van der Waals surface area contributed by atoms with Crippen LogP contribution >= 0.6 is 0 Å². The molecule has 0 bridgehead atoms. The SMILES string of the molecule is CCOc1ccc(NC2CCN(C3CC(=O)N(CC)C3=O)CC2)cc1. The average Bonchev–Trinajstić information content (AvgIpc) is 2.91. The van der Waals surface area contributed by atoms with E-state index in [-0.39, 0.29) is 17.9 Å². The van der Waals surface area contributed by atoms with Crippen molar-refractivity contribution in [2.45, 2.75) is 45.2 Å². The largest absolute Gasteiger partial charge is 0.494 e. The summed E-state index contributed by atoms with van der Waals surface area (Å²) < 4.78 is 5.46. The first kappa shape index (κ1) is 17.7. The zero-order chi connectivity index (χ0) is 17.8. The number of hydrogen-bond donors (Lipinski definition) is 1. The van der Waals surface area contributed by atoms with Gasteiger partial charge in [-0.2, -0.15) is 0 Å². The molecule has 0 aromatic heterocycles. The molecule has 1 aromatic carbocycles. The Morgan fingerprint density at radius 2 is 1.80 bits per heavy atom. The molecule has 2 fully saturated rings. The van der Waals surface area contributed by atoms with Crippen LogP contribution in [0.2, 0.25) is 0 Å². The number of piperidine rings is 1. The Hall–Kier alpha value is -2.08. The van der Waals surface area contributed by atoms with Crippen LogP contribution in [-0.2, 0) is 9.59 Å². The number of carbonyl (C=O) groups is 2. The molecule has 6 heteroatoms. The van der Waals surface area contributed by atoms with Gasteiger partial charge >= 0.3 is 0 Å². The van der Waals surface area contributed by atoms with Crippen LogP contribution in [-0.4, -0.2) is 59.9 Å². The molecule has 3 rings (SSSR count). The van der Waals surface area contributed by atoms with E-state index >= 15 is 0 Å². The quantitative estimate of drug-likeness (QED) is 0.800. The van der Waals surface area contributed by atoms with Crippen LogP contribution in [0.3, 0.4) is 0 Å². The number of carbonyl (C=O) groups excluding carboxylic acids is 2. The number of ether oxygens (including phenoxy) is 1. The average molecular weight is 345 g/mol. The zero-order valence-corrected chi connectivity index (χ0v) is 15.0. The van der Waals surface area contributed by atoms with Crippen molar-refractivity contribution in [3.05, 3.63) is 24.3 Å². The van der Waals surface area contributed by atoms with Crippen LogP contribution in [0.25, 0.3) is 0 Å². The van der Waals surface area contributed by atoms with Gasteiger partial charge in [-0.15, -0.1) is 0 Å². The van der Waals surface area contributed by atoms with E-state index in [1.165, 1.54) is 4.90 Å². The van der Waals surface area contributed by atoms with Gasteiger partial charge in [-0.05, 0) is 51.0 Å². The Morgan fingerprint density at radius 3 is 2.36 bits per heavy atom. The first-order valence-electron chi connectivity index (χ1n) is 9.20. The molecule has 0 spiro atoms. The number of nitrogens with one attached hydrogen (secondary N) is 1. The maximum Gasteiger partial charge on any atom is 0.247 e. The zero-order valence-electron chi connectivity index (χ0n) is 15.0. The molecule has 0 radical (unpaired) electrons. The summed E-state index contributed by atoms with van der Waals surface area (Å²) in [5.74, 6) is 0.824. The fraction of sp³-hybridized carbons (Fsp3) is 0.579.